The summed E-state index contributed by atoms with van der Waals surface area (Å²) in [6, 6.07) is 0. The molecule has 0 aliphatic heterocycles. The van der Waals surface area contributed by atoms with Crippen LogP contribution in [0.5, 0.6) is 0 Å². The topological polar surface area (TPSA) is 66.2 Å². The van der Waals surface area contributed by atoms with Crippen molar-refractivity contribution in [1.29, 1.82) is 0 Å². The molecule has 0 aliphatic rings. The predicted octanol–water partition coefficient (Wildman–Crippen LogP) is -0.239. The summed E-state index contributed by atoms with van der Waals surface area (Å²) in [7, 11) is 0. The van der Waals surface area contributed by atoms with Gasteiger partial charge in [-0.25, -0.2) is 0 Å². The number of nitrogens with zero attached hydrogens (tertiary/aromatic N) is 1. The monoisotopic (exact) mass is 303 g/mol. The molecule has 0 unspecified atom stereocenters. The molecule has 0 bridgehead atoms. The number of hydrogen-bond acceptors (Lipinski definition) is 3. The zero-order valence-corrected chi connectivity index (χ0v) is 5.20. The van der Waals surface area contributed by atoms with E-state index in [1.165, 1.54) is 0 Å². The van der Waals surface area contributed by atoms with Crippen LogP contribution in [-0.2, 0) is 0 Å². The zero-order chi connectivity index (χ0) is 3.58. The third kappa shape index (κ3) is 53.9. The SMILES string of the molecule is O=[N+]([O-])[O-].[Am]. The van der Waals surface area contributed by atoms with Gasteiger partial charge >= 0.3 is 0 Å². The fourth-order valence-corrected chi connectivity index (χ4v) is 0. The first-order valence-corrected chi connectivity index (χ1v) is 0.548. The first-order valence-electron chi connectivity index (χ1n) is 0.548. The fourth-order valence-electron chi connectivity index (χ4n) is 0. The second-order valence-electron chi connectivity index (χ2n) is 0.224. The molecule has 0 aromatic rings. The van der Waals surface area contributed by atoms with E-state index in [0.717, 1.165) is 0 Å². The molecule has 0 spiro atoms. The number of rotatable bonds is 0. The van der Waals surface area contributed by atoms with E-state index in [9.17, 15) is 0 Å². The van der Waals surface area contributed by atoms with Crippen LogP contribution in [0.1, 0.15) is 0 Å². The molecule has 0 rings (SSSR count). The Bertz CT molecular complexity index is 29.9. The average Bonchev–Trinajstić information content (AvgIpc) is 0.811. The van der Waals surface area contributed by atoms with Gasteiger partial charge in [0.1, 0.15) is 0 Å². The molecule has 0 fully saturated rings. The smallest absolute Gasteiger partial charge is 0.0689 e. The molecular formula is AmNO3-. The van der Waals surface area contributed by atoms with E-state index in [2.05, 4.69) is 0 Å². The van der Waals surface area contributed by atoms with Gasteiger partial charge in [0.25, 0.3) is 0 Å². The van der Waals surface area contributed by atoms with Crippen LogP contribution in [-0.4, -0.2) is 5.09 Å². The van der Waals surface area contributed by atoms with E-state index >= 15 is 0 Å². The molecule has 0 heterocycles. The van der Waals surface area contributed by atoms with Gasteiger partial charge in [-0.2, -0.15) is 0 Å². The summed E-state index contributed by atoms with van der Waals surface area (Å²) in [5, 5.41) is 14.8. The molecule has 0 saturated heterocycles. The van der Waals surface area contributed by atoms with Crippen LogP contribution < -0.4 is 0 Å². The summed E-state index contributed by atoms with van der Waals surface area (Å²) in [4.78, 5) is 8.25. The third-order valence-corrected chi connectivity index (χ3v) is 0. The van der Waals surface area contributed by atoms with Gasteiger partial charge in [-0.15, -0.1) is 0 Å². The zero-order valence-electron chi connectivity index (χ0n) is 2.05. The van der Waals surface area contributed by atoms with Crippen molar-refractivity contribution in [3.8, 4) is 0 Å². The van der Waals surface area contributed by atoms with E-state index in [1.54, 1.807) is 0 Å². The van der Waals surface area contributed by atoms with E-state index in [-0.39, 0.29) is 14.3 Å². The molecule has 5 heteroatoms. The van der Waals surface area contributed by atoms with Crippen molar-refractivity contribution in [2.75, 3.05) is 0 Å². The molecule has 0 atom stereocenters. The maximum absolute atomic E-state index is 8.25. The van der Waals surface area contributed by atoms with Crippen LogP contribution in [0.15, 0.2) is 0 Å². The van der Waals surface area contributed by atoms with Gasteiger partial charge in [0.05, 0.1) is 5.09 Å². The minimum absolute atomic E-state index is 0. The van der Waals surface area contributed by atoms with Crippen molar-refractivity contribution in [3.05, 3.63) is 15.3 Å². The minimum atomic E-state index is -1.75. The quantitative estimate of drug-likeness (QED) is 0.458. The predicted molar refractivity (Wildman–Crippen MR) is 10.4 cm³/mol. The Kier molecular flexibility index (Phi) is 6.33. The van der Waals surface area contributed by atoms with E-state index in [1.807, 2.05) is 0 Å². The molecule has 0 aliphatic carbocycles. The Hall–Kier alpha value is -0.410. The molecule has 0 saturated carbocycles. The normalized spacial score (nSPS) is 4.80. The first kappa shape index (κ1) is 8.82. The Morgan fingerprint density at radius 3 is 1.40 bits per heavy atom. The van der Waals surface area contributed by atoms with Crippen LogP contribution >= 0.6 is 0 Å². The van der Waals surface area contributed by atoms with Gasteiger partial charge in [-0.05, 0) is 0 Å². The summed E-state index contributed by atoms with van der Waals surface area (Å²) in [6.45, 7) is 0. The molecule has 0 amide bonds. The molecule has 0 N–H and O–H groups in total. The largest absolute Gasteiger partial charge is 0.356 e. The first-order chi connectivity index (χ1) is 1.73. The third-order valence-electron chi connectivity index (χ3n) is 0. The van der Waals surface area contributed by atoms with E-state index in [0.29, 0.717) is 0 Å². The van der Waals surface area contributed by atoms with E-state index < -0.39 is 5.09 Å². The summed E-state index contributed by atoms with van der Waals surface area (Å²) in [5.41, 5.74) is 0. The Labute approximate surface area is 35.7 Å². The Morgan fingerprint density at radius 1 is 1.40 bits per heavy atom. The Morgan fingerprint density at radius 2 is 1.40 bits per heavy atom. The van der Waals surface area contributed by atoms with Gasteiger partial charge in [-0.1, -0.05) is 0 Å². The van der Waals surface area contributed by atoms with Crippen LogP contribution in [0.4, 0.5) is 0 Å². The fraction of sp³-hybridized carbons (Fsp3) is 0. The van der Waals surface area contributed by atoms with Gasteiger partial charge in [0, 0.05) is 14.3 Å². The van der Waals surface area contributed by atoms with E-state index in [4.69, 9.17) is 15.3 Å². The van der Waals surface area contributed by atoms with Crippen molar-refractivity contribution in [1.82, 2.24) is 0 Å². The summed E-state index contributed by atoms with van der Waals surface area (Å²) >= 11 is 0. The molecule has 0 aromatic carbocycles. The molecular weight excluding hydrogens is 305 g/mol. The minimum Gasteiger partial charge on any atom is -0.356 e. The van der Waals surface area contributed by atoms with Crippen molar-refractivity contribution in [2.24, 2.45) is 0 Å². The van der Waals surface area contributed by atoms with Crippen LogP contribution in [0.25, 0.3) is 0 Å². The molecule has 1 radical (unpaired) electrons. The molecule has 4 nitrogen and oxygen atoms in total. The number of hydrogen-bond donors (Lipinski definition) is 0. The van der Waals surface area contributed by atoms with Gasteiger partial charge in [-0.3, -0.25) is 0 Å². The average molecular weight is 305 g/mol. The summed E-state index contributed by atoms with van der Waals surface area (Å²) in [5.74, 6) is 0. The van der Waals surface area contributed by atoms with Gasteiger partial charge in [0.15, 0.2) is 0 Å². The van der Waals surface area contributed by atoms with Crippen LogP contribution in [0, 0.1) is 29.6 Å². The van der Waals surface area contributed by atoms with Crippen molar-refractivity contribution in [3.63, 3.8) is 0 Å². The molecule has 31 valence electrons. The van der Waals surface area contributed by atoms with Crippen molar-refractivity contribution < 1.29 is 19.4 Å². The molecule has 0 aromatic heterocycles. The second-order valence-corrected chi connectivity index (χ2v) is 0.224. The summed E-state index contributed by atoms with van der Waals surface area (Å²) < 4.78 is 0. The Balaban J connectivity index is 0. The summed E-state index contributed by atoms with van der Waals surface area (Å²) in [6.07, 6.45) is 0. The van der Waals surface area contributed by atoms with Crippen LogP contribution in [0.3, 0.4) is 0 Å². The standard InChI is InChI=1S/Am.NO3/c;2-1(3)4/q;-1. The molecule has 5 heavy (non-hydrogen) atoms. The maximum Gasteiger partial charge on any atom is 0.0689 e. The van der Waals surface area contributed by atoms with Gasteiger partial charge < -0.3 is 15.3 Å². The van der Waals surface area contributed by atoms with Crippen molar-refractivity contribution in [2.45, 2.75) is 0 Å². The van der Waals surface area contributed by atoms with Gasteiger partial charge in [0.2, 0.25) is 0 Å². The second kappa shape index (κ2) is 3.59. The maximum atomic E-state index is 8.25. The van der Waals surface area contributed by atoms with Crippen molar-refractivity contribution >= 4 is 0 Å². The van der Waals surface area contributed by atoms with Crippen LogP contribution in [0.2, 0.25) is 0 Å².